The molecule has 24 heavy (non-hydrogen) atoms. The number of hydrogen-bond acceptors (Lipinski definition) is 4. The number of alkyl halides is 3. The van der Waals surface area contributed by atoms with Crippen LogP contribution in [0, 0.1) is 0 Å². The van der Waals surface area contributed by atoms with Gasteiger partial charge in [0.1, 0.15) is 5.84 Å². The minimum Gasteiger partial charge on any atom is -0.386 e. The molecule has 0 unspecified atom stereocenters. The van der Waals surface area contributed by atoms with Crippen LogP contribution in [-0.4, -0.2) is 31.5 Å². The number of nitrogens with two attached hydrogens (primary N) is 3. The molecule has 0 aliphatic rings. The van der Waals surface area contributed by atoms with Crippen LogP contribution < -0.4 is 17.2 Å². The Hall–Kier alpha value is -1.95. The zero-order chi connectivity index (χ0) is 18.4. The summed E-state index contributed by atoms with van der Waals surface area (Å²) in [6.45, 7) is 0. The average Bonchev–Trinajstić information content (AvgIpc) is 2.41. The number of nitrogens with zero attached hydrogens (tertiary/aromatic N) is 2. The fourth-order valence-corrected chi connectivity index (χ4v) is 2.90. The fourth-order valence-electron chi connectivity index (χ4n) is 1.48. The summed E-state index contributed by atoms with van der Waals surface area (Å²) >= 11 is 1.35. The Bertz CT molecular complexity index is 728. The predicted molar refractivity (Wildman–Crippen MR) is 89.3 cm³/mol. The third-order valence-corrected chi connectivity index (χ3v) is 4.56. The Morgan fingerprint density at radius 2 is 1.88 bits per heavy atom. The summed E-state index contributed by atoms with van der Waals surface area (Å²) in [6.07, 6.45) is -0.0897. The third kappa shape index (κ3) is 6.66. The van der Waals surface area contributed by atoms with Gasteiger partial charge in [-0.2, -0.15) is 33.4 Å². The van der Waals surface area contributed by atoms with Gasteiger partial charge in [0.25, 0.3) is 0 Å². The number of amidine groups is 1. The summed E-state index contributed by atoms with van der Waals surface area (Å²) in [5.74, 6) is 0.159. The molecule has 0 heterocycles. The number of guanidine groups is 1. The first-order valence-corrected chi connectivity index (χ1v) is 9.02. The Morgan fingerprint density at radius 3 is 2.46 bits per heavy atom. The van der Waals surface area contributed by atoms with Crippen molar-refractivity contribution in [1.82, 2.24) is 0 Å². The van der Waals surface area contributed by atoms with E-state index in [9.17, 15) is 21.6 Å². The smallest absolute Gasteiger partial charge is 0.386 e. The Balaban J connectivity index is 2.54. The van der Waals surface area contributed by atoms with Crippen LogP contribution in [0.15, 0.2) is 33.7 Å². The molecule has 134 valence electrons. The van der Waals surface area contributed by atoms with E-state index in [2.05, 4.69) is 9.39 Å². The van der Waals surface area contributed by atoms with Gasteiger partial charge >= 0.3 is 15.5 Å². The Morgan fingerprint density at radius 1 is 1.21 bits per heavy atom. The maximum Gasteiger partial charge on any atom is 0.518 e. The fraction of sp³-hybridized carbons (Fsp3) is 0.333. The second-order valence-corrected chi connectivity index (χ2v) is 7.21. The van der Waals surface area contributed by atoms with Gasteiger partial charge in [-0.15, -0.1) is 4.40 Å². The number of rotatable bonds is 7. The molecule has 0 fully saturated rings. The molecule has 0 amide bonds. The summed E-state index contributed by atoms with van der Waals surface area (Å²) in [5.41, 5.74) is 11.8. The lowest BCUT2D eigenvalue weighted by Gasteiger charge is -2.05. The van der Waals surface area contributed by atoms with Crippen molar-refractivity contribution < 1.29 is 21.6 Å². The van der Waals surface area contributed by atoms with E-state index in [1.54, 1.807) is 18.2 Å². The van der Waals surface area contributed by atoms with Gasteiger partial charge in [-0.1, -0.05) is 12.1 Å². The number of halogens is 3. The van der Waals surface area contributed by atoms with Crippen molar-refractivity contribution in [2.24, 2.45) is 26.6 Å². The van der Waals surface area contributed by atoms with Crippen LogP contribution in [0.4, 0.5) is 18.9 Å². The molecule has 6 N–H and O–H groups in total. The molecule has 1 rings (SSSR count). The van der Waals surface area contributed by atoms with Gasteiger partial charge in [-0.25, -0.2) is 4.99 Å². The molecular formula is C12H16F3N5O2S2. The molecule has 0 aromatic heterocycles. The number of benzene rings is 1. The van der Waals surface area contributed by atoms with E-state index in [1.165, 1.54) is 11.8 Å². The van der Waals surface area contributed by atoms with Crippen molar-refractivity contribution in [2.45, 2.75) is 17.7 Å². The van der Waals surface area contributed by atoms with E-state index in [1.807, 2.05) is 6.07 Å². The molecular weight excluding hydrogens is 367 g/mol. The molecule has 0 saturated carbocycles. The molecule has 1 aromatic rings. The lowest BCUT2D eigenvalue weighted by Crippen LogP contribution is -2.25. The summed E-state index contributed by atoms with van der Waals surface area (Å²) in [4.78, 5) is 3.89. The monoisotopic (exact) mass is 383 g/mol. The molecule has 0 bridgehead atoms. The van der Waals surface area contributed by atoms with Gasteiger partial charge in [0.05, 0.1) is 5.69 Å². The van der Waals surface area contributed by atoms with E-state index < -0.39 is 21.4 Å². The maximum atomic E-state index is 12.1. The molecule has 0 spiro atoms. The van der Waals surface area contributed by atoms with E-state index in [-0.39, 0.29) is 12.4 Å². The lowest BCUT2D eigenvalue weighted by atomic mass is 10.2. The average molecular weight is 383 g/mol. The van der Waals surface area contributed by atoms with Crippen molar-refractivity contribution in [2.75, 3.05) is 5.75 Å². The largest absolute Gasteiger partial charge is 0.518 e. The van der Waals surface area contributed by atoms with Crippen molar-refractivity contribution in [3.05, 3.63) is 29.8 Å². The Kier molecular flexibility index (Phi) is 6.90. The van der Waals surface area contributed by atoms with Crippen LogP contribution in [0.25, 0.3) is 0 Å². The number of sulfonamides is 1. The predicted octanol–water partition coefficient (Wildman–Crippen LogP) is 1.42. The number of thioether (sulfide) groups is 1. The molecule has 12 heteroatoms. The first kappa shape index (κ1) is 20.1. The maximum absolute atomic E-state index is 12.1. The highest BCUT2D eigenvalue weighted by Crippen LogP contribution is 2.25. The van der Waals surface area contributed by atoms with Crippen molar-refractivity contribution in [3.8, 4) is 0 Å². The summed E-state index contributed by atoms with van der Waals surface area (Å²) < 4.78 is 60.6. The standard InChI is InChI=1S/C12H16F3N5O2S2/c13-12(14,15)24(21,22)20-10(16)4-5-23-7-8-2-1-3-9(6-8)19-11(17)18/h1-3,6H,4-5,7H2,(H2,16,20)(H4,17,18,19). The third-order valence-electron chi connectivity index (χ3n) is 2.47. The van der Waals surface area contributed by atoms with Crippen molar-refractivity contribution in [3.63, 3.8) is 0 Å². The lowest BCUT2D eigenvalue weighted by molar-refractivity contribution is -0.0435. The molecule has 7 nitrogen and oxygen atoms in total. The van der Waals surface area contributed by atoms with Gasteiger partial charge in [-0.05, 0) is 17.7 Å². The Labute approximate surface area is 141 Å². The van der Waals surface area contributed by atoms with Gasteiger partial charge < -0.3 is 17.2 Å². The summed E-state index contributed by atoms with van der Waals surface area (Å²) in [7, 11) is -5.59. The number of aliphatic imine (C=N–C) groups is 1. The molecule has 0 saturated heterocycles. The molecule has 1 aromatic carbocycles. The van der Waals surface area contributed by atoms with Gasteiger partial charge in [0.15, 0.2) is 5.96 Å². The minimum absolute atomic E-state index is 0.0744. The van der Waals surface area contributed by atoms with Crippen LogP contribution in [0.3, 0.4) is 0 Å². The SMILES string of the molecule is NC(N)=Nc1cccc(CSCCC(N)=NS(=O)(=O)C(F)(F)F)c1. The quantitative estimate of drug-likeness (QED) is 0.370. The minimum atomic E-state index is -5.59. The van der Waals surface area contributed by atoms with Crippen LogP contribution in [-0.2, 0) is 15.8 Å². The van der Waals surface area contributed by atoms with Gasteiger partial charge in [-0.3, -0.25) is 0 Å². The summed E-state index contributed by atoms with van der Waals surface area (Å²) in [6, 6.07) is 7.03. The summed E-state index contributed by atoms with van der Waals surface area (Å²) in [5, 5.41) is 0. The molecule has 0 aliphatic carbocycles. The molecule has 0 aliphatic heterocycles. The van der Waals surface area contributed by atoms with E-state index in [0.717, 1.165) is 5.56 Å². The highest BCUT2D eigenvalue weighted by atomic mass is 32.2. The second-order valence-electron chi connectivity index (χ2n) is 4.51. The van der Waals surface area contributed by atoms with Crippen molar-refractivity contribution >= 4 is 39.3 Å². The van der Waals surface area contributed by atoms with E-state index >= 15 is 0 Å². The molecule has 0 atom stereocenters. The van der Waals surface area contributed by atoms with Crippen LogP contribution in [0.2, 0.25) is 0 Å². The molecule has 0 radical (unpaired) electrons. The van der Waals surface area contributed by atoms with Gasteiger partial charge in [0.2, 0.25) is 0 Å². The normalized spacial score (nSPS) is 12.9. The topological polar surface area (TPSA) is 137 Å². The van der Waals surface area contributed by atoms with Crippen LogP contribution in [0.1, 0.15) is 12.0 Å². The van der Waals surface area contributed by atoms with E-state index in [0.29, 0.717) is 17.2 Å². The highest BCUT2D eigenvalue weighted by Gasteiger charge is 2.46. The van der Waals surface area contributed by atoms with E-state index in [4.69, 9.17) is 17.2 Å². The zero-order valence-corrected chi connectivity index (χ0v) is 14.0. The number of hydrogen-bond donors (Lipinski definition) is 3. The second kappa shape index (κ2) is 8.24. The van der Waals surface area contributed by atoms with Crippen LogP contribution in [0.5, 0.6) is 0 Å². The first-order chi connectivity index (χ1) is 11.0. The zero-order valence-electron chi connectivity index (χ0n) is 12.3. The first-order valence-electron chi connectivity index (χ1n) is 6.43. The van der Waals surface area contributed by atoms with Crippen molar-refractivity contribution in [1.29, 1.82) is 0 Å². The van der Waals surface area contributed by atoms with Crippen LogP contribution >= 0.6 is 11.8 Å². The van der Waals surface area contributed by atoms with Gasteiger partial charge in [0, 0.05) is 17.9 Å². The highest BCUT2D eigenvalue weighted by molar-refractivity contribution is 7.98.